The molecule has 0 bridgehead atoms. The molecule has 1 saturated heterocycles. The van der Waals surface area contributed by atoms with Gasteiger partial charge in [0.1, 0.15) is 0 Å². The van der Waals surface area contributed by atoms with Crippen LogP contribution < -0.4 is 0 Å². The molecule has 0 aromatic carbocycles. The number of hydrogen-bond donors (Lipinski definition) is 0. The highest BCUT2D eigenvalue weighted by Gasteiger charge is 2.06. The van der Waals surface area contributed by atoms with E-state index in [-0.39, 0.29) is 0 Å². The van der Waals surface area contributed by atoms with Crippen molar-refractivity contribution in [2.75, 3.05) is 125 Å². The third kappa shape index (κ3) is 28.9. The average molecular weight is 564 g/mol. The maximum absolute atomic E-state index is 5.82. The van der Waals surface area contributed by atoms with Crippen molar-refractivity contribution in [2.45, 2.75) is 71.1 Å². The average Bonchev–Trinajstić information content (AvgIpc) is 2.94. The second-order valence-electron chi connectivity index (χ2n) is 9.92. The highest BCUT2D eigenvalue weighted by atomic mass is 16.6. The van der Waals surface area contributed by atoms with Crippen molar-refractivity contribution in [1.82, 2.24) is 4.90 Å². The van der Waals surface area contributed by atoms with E-state index in [0.29, 0.717) is 106 Å². The Morgan fingerprint density at radius 2 is 0.590 bits per heavy atom. The van der Waals surface area contributed by atoms with Crippen LogP contribution in [0.5, 0.6) is 0 Å². The summed E-state index contributed by atoms with van der Waals surface area (Å²) in [4.78, 5) is 2.46. The molecule has 9 heteroatoms. The molecule has 1 heterocycles. The van der Waals surface area contributed by atoms with Crippen LogP contribution in [0.4, 0.5) is 0 Å². The first-order valence-corrected chi connectivity index (χ1v) is 15.8. The summed E-state index contributed by atoms with van der Waals surface area (Å²) >= 11 is 0. The van der Waals surface area contributed by atoms with Crippen molar-refractivity contribution < 1.29 is 37.9 Å². The van der Waals surface area contributed by atoms with Crippen molar-refractivity contribution in [3.05, 3.63) is 0 Å². The van der Waals surface area contributed by atoms with E-state index in [2.05, 4.69) is 11.8 Å². The van der Waals surface area contributed by atoms with Crippen LogP contribution in [0.2, 0.25) is 0 Å². The van der Waals surface area contributed by atoms with E-state index in [9.17, 15) is 0 Å². The van der Waals surface area contributed by atoms with Crippen LogP contribution in [0.25, 0.3) is 0 Å². The lowest BCUT2D eigenvalue weighted by molar-refractivity contribution is -0.0223. The molecular formula is C30H61NO8. The summed E-state index contributed by atoms with van der Waals surface area (Å²) in [5.74, 6) is 0. The van der Waals surface area contributed by atoms with Gasteiger partial charge in [0, 0.05) is 13.1 Å². The fourth-order valence-corrected chi connectivity index (χ4v) is 4.19. The van der Waals surface area contributed by atoms with Gasteiger partial charge < -0.3 is 37.9 Å². The van der Waals surface area contributed by atoms with E-state index in [1.165, 1.54) is 64.2 Å². The molecule has 0 radical (unpaired) electrons. The number of unbranched alkanes of at least 4 members (excludes halogenated alkanes) is 9. The van der Waals surface area contributed by atoms with Crippen molar-refractivity contribution in [3.63, 3.8) is 0 Å². The van der Waals surface area contributed by atoms with Crippen LogP contribution in [-0.2, 0) is 37.9 Å². The van der Waals surface area contributed by atoms with Crippen LogP contribution >= 0.6 is 0 Å². The largest absolute Gasteiger partial charge is 0.378 e. The van der Waals surface area contributed by atoms with E-state index in [4.69, 9.17) is 37.9 Å². The van der Waals surface area contributed by atoms with Gasteiger partial charge in [-0.2, -0.15) is 0 Å². The first kappa shape index (κ1) is 36.7. The van der Waals surface area contributed by atoms with E-state index >= 15 is 0 Å². The predicted molar refractivity (Wildman–Crippen MR) is 155 cm³/mol. The van der Waals surface area contributed by atoms with Gasteiger partial charge in [-0.1, -0.05) is 64.7 Å². The van der Waals surface area contributed by atoms with Gasteiger partial charge in [0.15, 0.2) is 0 Å². The van der Waals surface area contributed by atoms with Gasteiger partial charge in [-0.05, 0) is 13.0 Å². The molecule has 39 heavy (non-hydrogen) atoms. The van der Waals surface area contributed by atoms with Crippen molar-refractivity contribution in [3.8, 4) is 0 Å². The normalized spacial score (nSPS) is 20.8. The first-order valence-electron chi connectivity index (χ1n) is 15.8. The molecule has 0 N–H and O–H groups in total. The highest BCUT2D eigenvalue weighted by Crippen LogP contribution is 2.11. The summed E-state index contributed by atoms with van der Waals surface area (Å²) in [6.45, 7) is 14.6. The van der Waals surface area contributed by atoms with Gasteiger partial charge in [-0.3, -0.25) is 4.90 Å². The van der Waals surface area contributed by atoms with Crippen molar-refractivity contribution >= 4 is 0 Å². The molecule has 0 unspecified atom stereocenters. The van der Waals surface area contributed by atoms with Crippen LogP contribution in [0.15, 0.2) is 0 Å². The molecule has 0 saturated carbocycles. The molecule has 1 rings (SSSR count). The molecule has 0 aromatic rings. The lowest BCUT2D eigenvalue weighted by Gasteiger charge is -2.22. The zero-order chi connectivity index (χ0) is 27.7. The number of nitrogens with zero attached hydrogens (tertiary/aromatic N) is 1. The molecule has 0 atom stereocenters. The second kappa shape index (κ2) is 32.2. The van der Waals surface area contributed by atoms with E-state index < -0.39 is 0 Å². The van der Waals surface area contributed by atoms with Gasteiger partial charge in [0.25, 0.3) is 0 Å². The molecule has 9 nitrogen and oxygen atoms in total. The molecule has 0 spiro atoms. The molecule has 0 aromatic heterocycles. The standard InChI is InChI=1S/C30H61NO8/c1-2-3-4-5-6-7-8-9-10-11-12-31-13-15-32-17-19-34-21-23-36-25-27-38-29-30-39-28-26-37-24-22-35-20-18-33-16-14-31/h2-30H2,1H3. The fraction of sp³-hybridized carbons (Fsp3) is 1.00. The van der Waals surface area contributed by atoms with Gasteiger partial charge >= 0.3 is 0 Å². The molecule has 234 valence electrons. The minimum atomic E-state index is 0.553. The van der Waals surface area contributed by atoms with Gasteiger partial charge in [-0.25, -0.2) is 0 Å². The predicted octanol–water partition coefficient (Wildman–Crippen LogP) is 4.36. The zero-order valence-corrected chi connectivity index (χ0v) is 25.2. The van der Waals surface area contributed by atoms with Crippen molar-refractivity contribution in [2.24, 2.45) is 0 Å². The lowest BCUT2D eigenvalue weighted by atomic mass is 10.1. The van der Waals surface area contributed by atoms with Gasteiger partial charge in [0.05, 0.1) is 106 Å². The zero-order valence-electron chi connectivity index (χ0n) is 25.2. The summed E-state index contributed by atoms with van der Waals surface area (Å²) in [5, 5.41) is 0. The van der Waals surface area contributed by atoms with Crippen LogP contribution in [0.1, 0.15) is 71.1 Å². The Hall–Kier alpha value is -0.360. The second-order valence-corrected chi connectivity index (χ2v) is 9.92. The van der Waals surface area contributed by atoms with Gasteiger partial charge in [0.2, 0.25) is 0 Å². The smallest absolute Gasteiger partial charge is 0.0701 e. The Kier molecular flexibility index (Phi) is 30.2. The Bertz CT molecular complexity index is 433. The Morgan fingerprint density at radius 1 is 0.333 bits per heavy atom. The maximum Gasteiger partial charge on any atom is 0.0701 e. The number of ether oxygens (including phenoxy) is 8. The summed E-state index contributed by atoms with van der Waals surface area (Å²) in [6, 6.07) is 0. The summed E-state index contributed by atoms with van der Waals surface area (Å²) in [5.41, 5.74) is 0. The van der Waals surface area contributed by atoms with E-state index in [1.54, 1.807) is 0 Å². The molecule has 1 aliphatic heterocycles. The SMILES string of the molecule is CCCCCCCCCCCCN1CCOCCOCCOCCOCCOCCOCCOCCOCC1. The molecular weight excluding hydrogens is 502 g/mol. The van der Waals surface area contributed by atoms with E-state index in [1.807, 2.05) is 0 Å². The quantitative estimate of drug-likeness (QED) is 0.341. The van der Waals surface area contributed by atoms with Gasteiger partial charge in [-0.15, -0.1) is 0 Å². The molecule has 1 fully saturated rings. The molecule has 1 aliphatic rings. The number of hydrogen-bond acceptors (Lipinski definition) is 9. The third-order valence-electron chi connectivity index (χ3n) is 6.54. The molecule has 0 aliphatic carbocycles. The maximum atomic E-state index is 5.82. The third-order valence-corrected chi connectivity index (χ3v) is 6.54. The fourth-order valence-electron chi connectivity index (χ4n) is 4.19. The van der Waals surface area contributed by atoms with Crippen LogP contribution in [-0.4, -0.2) is 130 Å². The Morgan fingerprint density at radius 3 is 0.897 bits per heavy atom. The summed E-state index contributed by atoms with van der Waals surface area (Å²) in [6.07, 6.45) is 13.6. The highest BCUT2D eigenvalue weighted by molar-refractivity contribution is 4.59. The summed E-state index contributed by atoms with van der Waals surface area (Å²) in [7, 11) is 0. The Balaban J connectivity index is 2.20. The first-order chi connectivity index (χ1) is 19.4. The van der Waals surface area contributed by atoms with Crippen LogP contribution in [0.3, 0.4) is 0 Å². The number of rotatable bonds is 11. The molecule has 0 amide bonds. The minimum absolute atomic E-state index is 0.553. The Labute approximate surface area is 239 Å². The van der Waals surface area contributed by atoms with E-state index in [0.717, 1.165) is 19.6 Å². The summed E-state index contributed by atoms with van der Waals surface area (Å²) < 4.78 is 44.9. The van der Waals surface area contributed by atoms with Crippen molar-refractivity contribution in [1.29, 1.82) is 0 Å². The lowest BCUT2D eigenvalue weighted by Crippen LogP contribution is -2.32. The van der Waals surface area contributed by atoms with Crippen LogP contribution in [0, 0.1) is 0 Å². The topological polar surface area (TPSA) is 77.1 Å². The monoisotopic (exact) mass is 563 g/mol. The minimum Gasteiger partial charge on any atom is -0.378 e.